The zero-order chi connectivity index (χ0) is 19.0. The first-order valence-corrected chi connectivity index (χ1v) is 9.67. The lowest BCUT2D eigenvalue weighted by atomic mass is 9.97. The molecule has 0 saturated carbocycles. The maximum atomic E-state index is 13.2. The van der Waals surface area contributed by atoms with Crippen LogP contribution >= 0.6 is 11.3 Å². The predicted molar refractivity (Wildman–Crippen MR) is 103 cm³/mol. The summed E-state index contributed by atoms with van der Waals surface area (Å²) in [6, 6.07) is 6.06. The third-order valence-corrected chi connectivity index (χ3v) is 5.80. The van der Waals surface area contributed by atoms with Crippen molar-refractivity contribution >= 4 is 27.5 Å². The Labute approximate surface area is 158 Å². The Hall–Kier alpha value is -2.58. The Morgan fingerprint density at radius 3 is 2.89 bits per heavy atom. The molecule has 0 bridgehead atoms. The fourth-order valence-corrected chi connectivity index (χ4v) is 4.52. The highest BCUT2D eigenvalue weighted by Crippen LogP contribution is 2.31. The van der Waals surface area contributed by atoms with Crippen molar-refractivity contribution in [3.63, 3.8) is 0 Å². The van der Waals surface area contributed by atoms with E-state index in [4.69, 9.17) is 5.73 Å². The maximum Gasteiger partial charge on any atom is 0.260 e. The number of piperidine rings is 1. The van der Waals surface area contributed by atoms with Crippen LogP contribution in [0.2, 0.25) is 0 Å². The Morgan fingerprint density at radius 1 is 1.37 bits per heavy atom. The molecule has 4 rings (SSSR count). The average Bonchev–Trinajstić information content (AvgIpc) is 3.07. The number of nitrogens with one attached hydrogen (secondary N) is 1. The van der Waals surface area contributed by atoms with Crippen molar-refractivity contribution in [1.29, 1.82) is 0 Å². The van der Waals surface area contributed by atoms with Crippen LogP contribution in [-0.4, -0.2) is 33.9 Å². The van der Waals surface area contributed by atoms with E-state index in [1.165, 1.54) is 23.5 Å². The van der Waals surface area contributed by atoms with E-state index in [0.29, 0.717) is 29.1 Å². The zero-order valence-electron chi connectivity index (χ0n) is 14.6. The molecule has 0 spiro atoms. The number of fused-ring (bicyclic) bond motifs is 1. The van der Waals surface area contributed by atoms with Gasteiger partial charge in [-0.05, 0) is 37.1 Å². The van der Waals surface area contributed by atoms with Crippen molar-refractivity contribution in [1.82, 2.24) is 14.9 Å². The molecular weight excluding hydrogens is 367 g/mol. The SMILES string of the molecule is NC(=O)[C@@H]1CCCN(Cc2nc3scc(-c4ccc(F)cc4)c3c(=O)[nH]2)C1. The summed E-state index contributed by atoms with van der Waals surface area (Å²) in [4.78, 5) is 34.3. The Morgan fingerprint density at radius 2 is 2.15 bits per heavy atom. The number of carbonyl (C=O) groups is 1. The van der Waals surface area contributed by atoms with Gasteiger partial charge in [0.1, 0.15) is 16.5 Å². The standard InChI is InChI=1S/C19H19FN4O2S/c20-13-5-3-11(4-6-13)14-10-27-19-16(14)18(26)22-15(23-19)9-24-7-1-2-12(8-24)17(21)25/h3-6,10,12H,1-2,7-9H2,(H2,21,25)(H,22,23,26)/t12-/m1/s1. The van der Waals surface area contributed by atoms with Crippen molar-refractivity contribution in [3.8, 4) is 11.1 Å². The molecule has 1 fully saturated rings. The number of hydrogen-bond donors (Lipinski definition) is 2. The number of halogens is 1. The van der Waals surface area contributed by atoms with E-state index in [1.807, 2.05) is 5.38 Å². The summed E-state index contributed by atoms with van der Waals surface area (Å²) in [5.74, 6) is -0.173. The highest BCUT2D eigenvalue weighted by molar-refractivity contribution is 7.17. The van der Waals surface area contributed by atoms with Crippen LogP contribution in [0.3, 0.4) is 0 Å². The van der Waals surface area contributed by atoms with E-state index in [-0.39, 0.29) is 23.2 Å². The lowest BCUT2D eigenvalue weighted by Gasteiger charge is -2.30. The maximum absolute atomic E-state index is 13.2. The van der Waals surface area contributed by atoms with Gasteiger partial charge in [0, 0.05) is 17.5 Å². The molecule has 2 aromatic heterocycles. The second kappa shape index (κ2) is 7.21. The number of thiophene rings is 1. The molecule has 3 aromatic rings. The minimum Gasteiger partial charge on any atom is -0.369 e. The summed E-state index contributed by atoms with van der Waals surface area (Å²) >= 11 is 1.39. The number of carbonyl (C=O) groups excluding carboxylic acids is 1. The molecule has 1 atom stereocenters. The summed E-state index contributed by atoms with van der Waals surface area (Å²) in [6.07, 6.45) is 1.70. The van der Waals surface area contributed by atoms with E-state index in [2.05, 4.69) is 14.9 Å². The molecule has 0 aliphatic carbocycles. The van der Waals surface area contributed by atoms with E-state index in [1.54, 1.807) is 12.1 Å². The molecule has 3 N–H and O–H groups in total. The number of aromatic nitrogens is 2. The first-order chi connectivity index (χ1) is 13.0. The summed E-state index contributed by atoms with van der Waals surface area (Å²) in [5.41, 5.74) is 6.75. The van der Waals surface area contributed by atoms with Gasteiger partial charge in [-0.1, -0.05) is 12.1 Å². The number of benzene rings is 1. The number of primary amides is 1. The molecule has 0 radical (unpaired) electrons. The summed E-state index contributed by atoms with van der Waals surface area (Å²) in [6.45, 7) is 1.90. The molecule has 0 unspecified atom stereocenters. The van der Waals surface area contributed by atoms with Crippen LogP contribution in [0.4, 0.5) is 4.39 Å². The molecule has 1 saturated heterocycles. The van der Waals surface area contributed by atoms with Crippen LogP contribution in [0, 0.1) is 11.7 Å². The molecule has 1 amide bonds. The number of hydrogen-bond acceptors (Lipinski definition) is 5. The normalized spacial score (nSPS) is 18.0. The summed E-state index contributed by atoms with van der Waals surface area (Å²) in [5, 5.41) is 2.39. The summed E-state index contributed by atoms with van der Waals surface area (Å²) in [7, 11) is 0. The fourth-order valence-electron chi connectivity index (χ4n) is 3.55. The molecule has 1 aliphatic heterocycles. The number of likely N-dealkylation sites (tertiary alicyclic amines) is 1. The van der Waals surface area contributed by atoms with E-state index in [0.717, 1.165) is 30.5 Å². The molecule has 1 aromatic carbocycles. The highest BCUT2D eigenvalue weighted by atomic mass is 32.1. The third-order valence-electron chi connectivity index (χ3n) is 4.93. The monoisotopic (exact) mass is 386 g/mol. The van der Waals surface area contributed by atoms with Crippen LogP contribution in [0.5, 0.6) is 0 Å². The van der Waals surface area contributed by atoms with Crippen LogP contribution in [0.1, 0.15) is 18.7 Å². The number of rotatable bonds is 4. The zero-order valence-corrected chi connectivity index (χ0v) is 15.4. The van der Waals surface area contributed by atoms with E-state index in [9.17, 15) is 14.0 Å². The minimum absolute atomic E-state index is 0.152. The second-order valence-corrected chi connectivity index (χ2v) is 7.68. The fraction of sp³-hybridized carbons (Fsp3) is 0.316. The first-order valence-electron chi connectivity index (χ1n) is 8.79. The van der Waals surface area contributed by atoms with Gasteiger partial charge in [0.15, 0.2) is 0 Å². The molecule has 1 aliphatic rings. The second-order valence-electron chi connectivity index (χ2n) is 6.83. The smallest absolute Gasteiger partial charge is 0.260 e. The van der Waals surface area contributed by atoms with Gasteiger partial charge in [0.25, 0.3) is 5.56 Å². The van der Waals surface area contributed by atoms with Gasteiger partial charge < -0.3 is 10.7 Å². The van der Waals surface area contributed by atoms with E-state index < -0.39 is 0 Å². The lowest BCUT2D eigenvalue weighted by Crippen LogP contribution is -2.41. The van der Waals surface area contributed by atoms with Gasteiger partial charge in [-0.25, -0.2) is 9.37 Å². The Kier molecular flexibility index (Phi) is 4.75. The van der Waals surface area contributed by atoms with Crippen molar-refractivity contribution in [2.45, 2.75) is 19.4 Å². The van der Waals surface area contributed by atoms with Crippen molar-refractivity contribution in [3.05, 3.63) is 51.6 Å². The topological polar surface area (TPSA) is 92.1 Å². The van der Waals surface area contributed by atoms with Crippen LogP contribution in [0.15, 0.2) is 34.4 Å². The predicted octanol–water partition coefficient (Wildman–Crippen LogP) is 2.49. The van der Waals surface area contributed by atoms with Crippen molar-refractivity contribution in [2.24, 2.45) is 11.7 Å². The van der Waals surface area contributed by atoms with Gasteiger partial charge in [0.05, 0.1) is 17.8 Å². The first kappa shape index (κ1) is 17.8. The molecule has 8 heteroatoms. The largest absolute Gasteiger partial charge is 0.369 e. The van der Waals surface area contributed by atoms with Gasteiger partial charge >= 0.3 is 0 Å². The molecule has 27 heavy (non-hydrogen) atoms. The number of nitrogens with zero attached hydrogens (tertiary/aromatic N) is 2. The number of aromatic amines is 1. The van der Waals surface area contributed by atoms with Crippen molar-refractivity contribution < 1.29 is 9.18 Å². The molecule has 6 nitrogen and oxygen atoms in total. The van der Waals surface area contributed by atoms with Gasteiger partial charge in [-0.15, -0.1) is 11.3 Å². The third kappa shape index (κ3) is 3.63. The highest BCUT2D eigenvalue weighted by Gasteiger charge is 2.24. The molecule has 3 heterocycles. The summed E-state index contributed by atoms with van der Waals surface area (Å²) < 4.78 is 13.2. The van der Waals surface area contributed by atoms with Crippen LogP contribution in [0.25, 0.3) is 21.3 Å². The van der Waals surface area contributed by atoms with Gasteiger partial charge in [0.2, 0.25) is 5.91 Å². The Bertz CT molecular complexity index is 1040. The van der Waals surface area contributed by atoms with Gasteiger partial charge in [-0.2, -0.15) is 0 Å². The Balaban J connectivity index is 1.62. The molecule has 140 valence electrons. The number of amides is 1. The average molecular weight is 386 g/mol. The van der Waals surface area contributed by atoms with Crippen LogP contribution < -0.4 is 11.3 Å². The van der Waals surface area contributed by atoms with Gasteiger partial charge in [-0.3, -0.25) is 14.5 Å². The van der Waals surface area contributed by atoms with Crippen molar-refractivity contribution in [2.75, 3.05) is 13.1 Å². The minimum atomic E-state index is -0.316. The van der Waals surface area contributed by atoms with Crippen LogP contribution in [-0.2, 0) is 11.3 Å². The quantitative estimate of drug-likeness (QED) is 0.721. The van der Waals surface area contributed by atoms with E-state index >= 15 is 0 Å². The number of nitrogens with two attached hydrogens (primary N) is 1. The lowest BCUT2D eigenvalue weighted by molar-refractivity contribution is -0.123. The number of H-pyrrole nitrogens is 1. The molecular formula is C19H19FN4O2S.